The topological polar surface area (TPSA) is 24.7 Å². The van der Waals surface area contributed by atoms with E-state index in [4.69, 9.17) is 5.11 Å². The normalized spacial score (nSPS) is 12.5. The third-order valence-electron chi connectivity index (χ3n) is 3.63. The Balaban J connectivity index is 0. The molecule has 0 bridgehead atoms. The lowest BCUT2D eigenvalue weighted by molar-refractivity contribution is -0.926. The first-order chi connectivity index (χ1) is 8.29. The molecule has 0 saturated heterocycles. The molecule has 0 heterocycles. The molecule has 2 nitrogen and oxygen atoms in total. The highest BCUT2D eigenvalue weighted by atomic mass is 127. The minimum Gasteiger partial charge on any atom is -1.00 e. The maximum atomic E-state index is 9.01. The molecule has 1 atom stereocenters. The van der Waals surface area contributed by atoms with Crippen LogP contribution in [0.5, 0.6) is 0 Å². The molecule has 0 amide bonds. The monoisotopic (exact) mass is 371 g/mol. The summed E-state index contributed by atoms with van der Waals surface area (Å²) < 4.78 is 0. The lowest BCUT2D eigenvalue weighted by Gasteiger charge is -2.28. The van der Waals surface area contributed by atoms with Gasteiger partial charge in [0.25, 0.3) is 0 Å². The molecule has 0 spiro atoms. The van der Waals surface area contributed by atoms with E-state index in [9.17, 15) is 0 Å². The van der Waals surface area contributed by atoms with E-state index >= 15 is 0 Å². The summed E-state index contributed by atoms with van der Waals surface area (Å²) in [6, 6.07) is 0.783. The molecule has 1 unspecified atom stereocenters. The van der Waals surface area contributed by atoms with E-state index in [1.807, 2.05) is 0 Å². The Labute approximate surface area is 132 Å². The highest BCUT2D eigenvalue weighted by Crippen LogP contribution is 2.02. The maximum absolute atomic E-state index is 9.01. The van der Waals surface area contributed by atoms with Gasteiger partial charge < -0.3 is 34.0 Å². The number of halogens is 1. The van der Waals surface area contributed by atoms with Crippen molar-refractivity contribution in [3.05, 3.63) is 0 Å². The number of unbranched alkanes of at least 4 members (excludes halogenated alkanes) is 2. The zero-order chi connectivity index (χ0) is 12.9. The molecule has 0 aromatic heterocycles. The summed E-state index contributed by atoms with van der Waals surface area (Å²) in [5.41, 5.74) is 0. The van der Waals surface area contributed by atoms with Crippen LogP contribution < -0.4 is 28.9 Å². The summed E-state index contributed by atoms with van der Waals surface area (Å²) >= 11 is 0. The smallest absolute Gasteiger partial charge is 0.0875 e. The summed E-state index contributed by atoms with van der Waals surface area (Å²) in [5, 5.41) is 9.01. The molecule has 112 valence electrons. The van der Waals surface area contributed by atoms with E-state index in [0.717, 1.165) is 12.5 Å². The summed E-state index contributed by atoms with van der Waals surface area (Å²) in [6.07, 6.45) is 10.1. The van der Waals surface area contributed by atoms with Crippen molar-refractivity contribution in [2.45, 2.75) is 78.2 Å². The minimum absolute atomic E-state index is 0. The SMILES string of the molecule is CCCC[NH+](CCCC)C(CCC)CCCO.[I-]. The Bertz CT molecular complexity index is 147. The van der Waals surface area contributed by atoms with Crippen molar-refractivity contribution in [2.75, 3.05) is 19.7 Å². The van der Waals surface area contributed by atoms with Gasteiger partial charge in [-0.3, -0.25) is 0 Å². The molecule has 0 aliphatic rings. The summed E-state index contributed by atoms with van der Waals surface area (Å²) in [7, 11) is 0. The van der Waals surface area contributed by atoms with Crippen LogP contribution in [0.3, 0.4) is 0 Å². The van der Waals surface area contributed by atoms with Crippen LogP contribution in [-0.4, -0.2) is 30.8 Å². The van der Waals surface area contributed by atoms with Crippen LogP contribution in [0.1, 0.15) is 72.1 Å². The first-order valence-electron chi connectivity index (χ1n) is 7.75. The average Bonchev–Trinajstić information content (AvgIpc) is 2.35. The Morgan fingerprint density at radius 2 is 1.39 bits per heavy atom. The molecule has 3 heteroatoms. The van der Waals surface area contributed by atoms with Crippen molar-refractivity contribution in [3.63, 3.8) is 0 Å². The van der Waals surface area contributed by atoms with Crippen LogP contribution in [0.2, 0.25) is 0 Å². The van der Waals surface area contributed by atoms with Crippen LogP contribution in [0, 0.1) is 0 Å². The van der Waals surface area contributed by atoms with E-state index in [1.54, 1.807) is 4.90 Å². The molecule has 0 rings (SSSR count). The summed E-state index contributed by atoms with van der Waals surface area (Å²) in [4.78, 5) is 1.80. The Morgan fingerprint density at radius 3 is 1.78 bits per heavy atom. The molecule has 0 radical (unpaired) electrons. The van der Waals surface area contributed by atoms with E-state index in [1.165, 1.54) is 58.0 Å². The lowest BCUT2D eigenvalue weighted by atomic mass is 10.0. The van der Waals surface area contributed by atoms with E-state index < -0.39 is 0 Å². The summed E-state index contributed by atoms with van der Waals surface area (Å²) in [6.45, 7) is 9.84. The van der Waals surface area contributed by atoms with Gasteiger partial charge in [0.15, 0.2) is 0 Å². The molecule has 0 fully saturated rings. The second-order valence-electron chi connectivity index (χ2n) is 5.22. The second kappa shape index (κ2) is 15.7. The maximum Gasteiger partial charge on any atom is 0.0875 e. The van der Waals surface area contributed by atoms with Gasteiger partial charge in [-0.25, -0.2) is 0 Å². The number of aliphatic hydroxyl groups is 1. The third kappa shape index (κ3) is 10.6. The van der Waals surface area contributed by atoms with Gasteiger partial charge in [0.2, 0.25) is 0 Å². The lowest BCUT2D eigenvalue weighted by Crippen LogP contribution is -3.15. The van der Waals surface area contributed by atoms with Gasteiger partial charge in [-0.1, -0.05) is 40.0 Å². The number of rotatable bonds is 12. The predicted octanol–water partition coefficient (Wildman–Crippen LogP) is -0.583. The number of hydrogen-bond acceptors (Lipinski definition) is 1. The van der Waals surface area contributed by atoms with Crippen molar-refractivity contribution < 1.29 is 34.0 Å². The molecule has 0 aliphatic carbocycles. The van der Waals surface area contributed by atoms with E-state index in [-0.39, 0.29) is 24.0 Å². The molecule has 0 aromatic carbocycles. The van der Waals surface area contributed by atoms with Gasteiger partial charge in [-0.2, -0.15) is 0 Å². The first kappa shape index (κ1) is 21.0. The Kier molecular flexibility index (Phi) is 18.3. The molecule has 2 N–H and O–H groups in total. The largest absolute Gasteiger partial charge is 1.00 e. The second-order valence-corrected chi connectivity index (χ2v) is 5.22. The van der Waals surface area contributed by atoms with Crippen LogP contribution in [0.15, 0.2) is 0 Å². The van der Waals surface area contributed by atoms with Crippen LogP contribution in [-0.2, 0) is 0 Å². The van der Waals surface area contributed by atoms with Gasteiger partial charge in [-0.05, 0) is 25.7 Å². The van der Waals surface area contributed by atoms with Gasteiger partial charge in [-0.15, -0.1) is 0 Å². The van der Waals surface area contributed by atoms with Crippen molar-refractivity contribution in [1.29, 1.82) is 0 Å². The van der Waals surface area contributed by atoms with Crippen LogP contribution in [0.4, 0.5) is 0 Å². The van der Waals surface area contributed by atoms with E-state index in [2.05, 4.69) is 20.8 Å². The summed E-state index contributed by atoms with van der Waals surface area (Å²) in [5.74, 6) is 0. The van der Waals surface area contributed by atoms with Crippen LogP contribution >= 0.6 is 0 Å². The average molecular weight is 371 g/mol. The molecular formula is C15H34INO. The van der Waals surface area contributed by atoms with E-state index in [0.29, 0.717) is 6.61 Å². The highest BCUT2D eigenvalue weighted by Gasteiger charge is 2.19. The number of nitrogens with one attached hydrogen (secondary N) is 1. The molecule has 0 aromatic rings. The fourth-order valence-corrected chi connectivity index (χ4v) is 2.58. The van der Waals surface area contributed by atoms with Crippen LogP contribution in [0.25, 0.3) is 0 Å². The zero-order valence-electron chi connectivity index (χ0n) is 12.7. The molecule has 0 saturated carbocycles. The van der Waals surface area contributed by atoms with Gasteiger partial charge in [0, 0.05) is 13.0 Å². The molecular weight excluding hydrogens is 337 g/mol. The van der Waals surface area contributed by atoms with Gasteiger partial charge in [0.05, 0.1) is 19.1 Å². The van der Waals surface area contributed by atoms with Crippen molar-refractivity contribution >= 4 is 0 Å². The van der Waals surface area contributed by atoms with Gasteiger partial charge >= 0.3 is 0 Å². The van der Waals surface area contributed by atoms with Crippen molar-refractivity contribution in [3.8, 4) is 0 Å². The highest BCUT2D eigenvalue weighted by molar-refractivity contribution is 4.56. The third-order valence-corrected chi connectivity index (χ3v) is 3.63. The first-order valence-corrected chi connectivity index (χ1v) is 7.75. The fraction of sp³-hybridized carbons (Fsp3) is 1.00. The minimum atomic E-state index is 0. The van der Waals surface area contributed by atoms with Crippen molar-refractivity contribution in [1.82, 2.24) is 0 Å². The quantitative estimate of drug-likeness (QED) is 0.441. The fourth-order valence-electron chi connectivity index (χ4n) is 2.58. The Morgan fingerprint density at radius 1 is 0.833 bits per heavy atom. The molecule has 0 aliphatic heterocycles. The van der Waals surface area contributed by atoms with Gasteiger partial charge in [0.1, 0.15) is 0 Å². The molecule has 18 heavy (non-hydrogen) atoms. The number of aliphatic hydroxyl groups excluding tert-OH is 1. The van der Waals surface area contributed by atoms with Crippen molar-refractivity contribution in [2.24, 2.45) is 0 Å². The number of quaternary nitrogens is 1. The Hall–Kier alpha value is 0.650. The predicted molar refractivity (Wildman–Crippen MR) is 75.5 cm³/mol. The zero-order valence-corrected chi connectivity index (χ0v) is 14.8. The standard InChI is InChI=1S/C15H33NO.HI/c1-4-7-12-16(13-8-5-2)15(10-6-3)11-9-14-17;/h15,17H,4-14H2,1-3H3;1H. The number of hydrogen-bond donors (Lipinski definition) is 2.